The van der Waals surface area contributed by atoms with Crippen LogP contribution < -0.4 is 29.9 Å². The third kappa shape index (κ3) is 4.06. The molecule has 0 spiro atoms. The van der Waals surface area contributed by atoms with Crippen LogP contribution in [0.15, 0.2) is 24.3 Å². The van der Waals surface area contributed by atoms with Gasteiger partial charge in [-0.2, -0.15) is 4.99 Å². The predicted octanol–water partition coefficient (Wildman–Crippen LogP) is -0.0307. The van der Waals surface area contributed by atoms with Crippen LogP contribution in [0.2, 0.25) is 0 Å². The van der Waals surface area contributed by atoms with Gasteiger partial charge in [0.2, 0.25) is 27.9 Å². The monoisotopic (exact) mass is 442 g/mol. The van der Waals surface area contributed by atoms with Crippen molar-refractivity contribution in [2.75, 3.05) is 36.8 Å². The Kier molecular flexibility index (Phi) is 5.22. The minimum atomic E-state index is -4.18. The minimum Gasteiger partial charge on any atom is -0.748 e. The minimum absolute atomic E-state index is 0.325. The van der Waals surface area contributed by atoms with Crippen molar-refractivity contribution in [1.29, 1.82) is 0 Å². The van der Waals surface area contributed by atoms with Crippen molar-refractivity contribution in [1.82, 2.24) is 4.58 Å². The molecule has 0 amide bonds. The Morgan fingerprint density at radius 1 is 1.13 bits per heavy atom. The number of nitrogens with one attached hydrogen (secondary N) is 1. The third-order valence-electron chi connectivity index (χ3n) is 6.48. The lowest BCUT2D eigenvalue weighted by molar-refractivity contribution is -0.407. The molecule has 7 nitrogen and oxygen atoms in total. The molecule has 0 bridgehead atoms. The zero-order valence-electron chi connectivity index (χ0n) is 17.8. The lowest BCUT2D eigenvalue weighted by Gasteiger charge is -2.30. The Hall–Kier alpha value is -2.45. The first-order chi connectivity index (χ1) is 14.9. The Labute approximate surface area is 182 Å². The van der Waals surface area contributed by atoms with E-state index in [0.29, 0.717) is 13.0 Å². The van der Waals surface area contributed by atoms with Crippen molar-refractivity contribution in [3.05, 3.63) is 46.1 Å². The fourth-order valence-corrected chi connectivity index (χ4v) is 5.48. The molecular formula is C23H28N3O4S+. The number of nitrogens with zero attached hydrogens (tertiary/aromatic N) is 2. The Balaban J connectivity index is 1.54. The zero-order valence-corrected chi connectivity index (χ0v) is 18.6. The summed E-state index contributed by atoms with van der Waals surface area (Å²) in [6.07, 6.45) is 4.58. The molecule has 3 heterocycles. The average Bonchev–Trinajstić information content (AvgIpc) is 2.74. The fraction of sp³-hybridized carbons (Fsp3) is 0.478. The van der Waals surface area contributed by atoms with E-state index in [1.807, 2.05) is 0 Å². The molecule has 3 aliphatic heterocycles. The standard InChI is InChI=1S/C23H27N3O4S/c1-2-25-8-3-6-16-12-18-22(14-20(16)25)30-23-15-21-17(13-19(23)24-18)7-4-9-26(21)10-5-11-31(27,28)29/h12-15H,2-11H2,1H3/p+1. The number of benzene rings is 2. The van der Waals surface area contributed by atoms with Crippen LogP contribution in [0.3, 0.4) is 0 Å². The van der Waals surface area contributed by atoms with Crippen molar-refractivity contribution in [3.63, 3.8) is 0 Å². The van der Waals surface area contributed by atoms with E-state index < -0.39 is 10.1 Å². The summed E-state index contributed by atoms with van der Waals surface area (Å²) < 4.78 is 41.4. The van der Waals surface area contributed by atoms with Crippen LogP contribution in [0.5, 0.6) is 11.5 Å². The summed E-state index contributed by atoms with van der Waals surface area (Å²) in [5, 5.41) is 2.05. The number of rotatable bonds is 5. The summed E-state index contributed by atoms with van der Waals surface area (Å²) in [5.74, 6) is 1.30. The second-order valence-electron chi connectivity index (χ2n) is 8.57. The molecule has 0 atom stereocenters. The highest BCUT2D eigenvalue weighted by Gasteiger charge is 2.27. The van der Waals surface area contributed by atoms with Gasteiger partial charge in [0, 0.05) is 61.1 Å². The molecule has 1 N–H and O–H groups in total. The molecule has 164 valence electrons. The van der Waals surface area contributed by atoms with Crippen LogP contribution in [-0.4, -0.2) is 44.9 Å². The van der Waals surface area contributed by atoms with E-state index >= 15 is 0 Å². The lowest BCUT2D eigenvalue weighted by Crippen LogP contribution is -2.72. The molecule has 0 saturated carbocycles. The van der Waals surface area contributed by atoms with Gasteiger partial charge in [0.1, 0.15) is 13.1 Å². The van der Waals surface area contributed by atoms with Crippen molar-refractivity contribution in [2.24, 2.45) is 0 Å². The summed E-state index contributed by atoms with van der Waals surface area (Å²) in [6, 6.07) is 8.59. The number of ether oxygens (including phenoxy) is 1. The van der Waals surface area contributed by atoms with Crippen LogP contribution in [0.25, 0.3) is 0 Å². The van der Waals surface area contributed by atoms with Gasteiger partial charge in [0.05, 0.1) is 16.2 Å². The van der Waals surface area contributed by atoms with E-state index in [2.05, 4.69) is 45.7 Å². The third-order valence-corrected chi connectivity index (χ3v) is 7.27. The molecule has 0 fully saturated rings. The van der Waals surface area contributed by atoms with Crippen LogP contribution in [-0.2, 0) is 23.0 Å². The topological polar surface area (TPSA) is 86.7 Å². The summed E-state index contributed by atoms with van der Waals surface area (Å²) >= 11 is 0. The molecule has 0 radical (unpaired) electrons. The first-order valence-electron chi connectivity index (χ1n) is 11.1. The maximum Gasteiger partial charge on any atom is 0.247 e. The number of aryl methyl sites for hydroxylation is 2. The normalized spacial score (nSPS) is 17.1. The highest BCUT2D eigenvalue weighted by Crippen LogP contribution is 2.36. The van der Waals surface area contributed by atoms with Gasteiger partial charge in [0.15, 0.2) is 0 Å². The largest absolute Gasteiger partial charge is 0.748 e. The van der Waals surface area contributed by atoms with Crippen molar-refractivity contribution < 1.29 is 22.7 Å². The van der Waals surface area contributed by atoms with Crippen LogP contribution in [0.4, 0.5) is 11.4 Å². The molecule has 8 heteroatoms. The van der Waals surface area contributed by atoms with Gasteiger partial charge in [-0.05, 0) is 31.7 Å². The Morgan fingerprint density at radius 3 is 2.77 bits per heavy atom. The summed E-state index contributed by atoms with van der Waals surface area (Å²) in [7, 11) is -4.18. The molecule has 0 aliphatic carbocycles. The fourth-order valence-electron chi connectivity index (χ4n) is 5.00. The number of hydrogen-bond acceptors (Lipinski definition) is 5. The van der Waals surface area contributed by atoms with Gasteiger partial charge >= 0.3 is 0 Å². The summed E-state index contributed by atoms with van der Waals surface area (Å²) in [5.41, 5.74) is 4.86. The zero-order chi connectivity index (χ0) is 21.6. The highest BCUT2D eigenvalue weighted by atomic mass is 32.2. The molecular weight excluding hydrogens is 414 g/mol. The van der Waals surface area contributed by atoms with Gasteiger partial charge in [-0.1, -0.05) is 0 Å². The number of hydrogen-bond donors (Lipinski definition) is 1. The van der Waals surface area contributed by atoms with E-state index in [0.717, 1.165) is 66.8 Å². The predicted molar refractivity (Wildman–Crippen MR) is 117 cm³/mol. The second-order valence-corrected chi connectivity index (χ2v) is 10.1. The Morgan fingerprint density at radius 2 is 1.97 bits per heavy atom. The van der Waals surface area contributed by atoms with E-state index in [1.54, 1.807) is 0 Å². The van der Waals surface area contributed by atoms with E-state index in [-0.39, 0.29) is 5.75 Å². The molecule has 3 aliphatic rings. The Bertz CT molecular complexity index is 1270. The molecule has 2 aromatic carbocycles. The average molecular weight is 443 g/mol. The molecule has 31 heavy (non-hydrogen) atoms. The second kappa shape index (κ2) is 7.91. The summed E-state index contributed by atoms with van der Waals surface area (Å²) in [4.78, 5) is 5.97. The van der Waals surface area contributed by atoms with E-state index in [9.17, 15) is 13.0 Å². The van der Waals surface area contributed by atoms with E-state index in [4.69, 9.17) is 4.74 Å². The van der Waals surface area contributed by atoms with Gasteiger partial charge < -0.3 is 14.2 Å². The van der Waals surface area contributed by atoms with Gasteiger partial charge in [-0.15, -0.1) is 0 Å². The molecule has 0 saturated heterocycles. The maximum atomic E-state index is 11.0. The SMILES string of the molecule is CCN1CCCc2cc3c(cc21)Oc1cc2c(cc1=[NH+]3)CCC[N+]=2CCCS(=O)(=O)[O-]. The van der Waals surface area contributed by atoms with Crippen molar-refractivity contribution in [3.8, 4) is 11.5 Å². The molecule has 0 unspecified atom stereocenters. The van der Waals surface area contributed by atoms with Crippen molar-refractivity contribution >= 4 is 21.5 Å². The summed E-state index contributed by atoms with van der Waals surface area (Å²) in [6.45, 7) is 5.65. The smallest absolute Gasteiger partial charge is 0.247 e. The van der Waals surface area contributed by atoms with Gasteiger partial charge in [0.25, 0.3) is 0 Å². The first-order valence-corrected chi connectivity index (χ1v) is 12.7. The quantitative estimate of drug-likeness (QED) is 0.443. The molecule has 2 aromatic rings. The van der Waals surface area contributed by atoms with Crippen molar-refractivity contribution in [2.45, 2.75) is 39.0 Å². The molecule has 5 rings (SSSR count). The highest BCUT2D eigenvalue weighted by molar-refractivity contribution is 7.85. The number of fused-ring (bicyclic) bond motifs is 4. The van der Waals surface area contributed by atoms with Gasteiger partial charge in [-0.25, -0.2) is 13.0 Å². The maximum absolute atomic E-state index is 11.0. The molecule has 0 aromatic heterocycles. The van der Waals surface area contributed by atoms with Crippen LogP contribution >= 0.6 is 0 Å². The number of anilines is 1. The van der Waals surface area contributed by atoms with Crippen LogP contribution in [0, 0.1) is 0 Å². The first kappa shape index (κ1) is 20.5. The van der Waals surface area contributed by atoms with Crippen LogP contribution in [0.1, 0.15) is 37.3 Å². The van der Waals surface area contributed by atoms with E-state index in [1.165, 1.54) is 23.2 Å². The van der Waals surface area contributed by atoms with Gasteiger partial charge in [-0.3, -0.25) is 0 Å². The lowest BCUT2D eigenvalue weighted by atomic mass is 10.00.